The van der Waals surface area contributed by atoms with Crippen molar-refractivity contribution in [2.75, 3.05) is 12.8 Å². The van der Waals surface area contributed by atoms with E-state index in [0.717, 1.165) is 12.4 Å². The molecule has 4 heteroatoms. The summed E-state index contributed by atoms with van der Waals surface area (Å²) in [5, 5.41) is 3.62. The number of nitrogens with zero attached hydrogens (tertiary/aromatic N) is 2. The van der Waals surface area contributed by atoms with Gasteiger partial charge >= 0.3 is 0 Å². The Labute approximate surface area is 109 Å². The molecule has 0 fully saturated rings. The summed E-state index contributed by atoms with van der Waals surface area (Å²) in [7, 11) is 2.04. The maximum Gasteiger partial charge on any atom is 0.125 e. The third-order valence-corrected chi connectivity index (χ3v) is 5.29. The molecule has 1 aromatic heterocycles. The number of aryl methyl sites for hydroxylation is 1. The largest absolute Gasteiger partial charge is 0.337 e. The molecule has 0 aliphatic rings. The fraction of sp³-hybridized carbons (Fsp3) is 0.769. The van der Waals surface area contributed by atoms with Crippen molar-refractivity contribution in [2.45, 2.75) is 44.4 Å². The Hall–Kier alpha value is -0.480. The number of rotatable bonds is 7. The lowest BCUT2D eigenvalue weighted by Crippen LogP contribution is -2.38. The second-order valence-corrected chi connectivity index (χ2v) is 5.87. The van der Waals surface area contributed by atoms with E-state index in [1.807, 2.05) is 31.2 Å². The molecule has 1 heterocycles. The van der Waals surface area contributed by atoms with E-state index in [-0.39, 0.29) is 0 Å². The molecule has 0 aliphatic heterocycles. The zero-order valence-corrected chi connectivity index (χ0v) is 12.5. The van der Waals surface area contributed by atoms with Crippen molar-refractivity contribution in [3.8, 4) is 0 Å². The van der Waals surface area contributed by atoms with Crippen LogP contribution >= 0.6 is 11.8 Å². The van der Waals surface area contributed by atoms with Crippen LogP contribution in [0.2, 0.25) is 0 Å². The van der Waals surface area contributed by atoms with Crippen LogP contribution in [-0.2, 0) is 7.05 Å². The third-order valence-electron chi connectivity index (χ3n) is 3.70. The standard InChI is InChI=1S/C13H25N3S/c1-6-13(7-2,17-5)10-15-11(3)12-14-8-9-16(12)4/h8-9,11,15H,6-7,10H2,1-5H3. The van der Waals surface area contributed by atoms with Crippen molar-refractivity contribution >= 4 is 11.8 Å². The third kappa shape index (κ3) is 3.49. The fourth-order valence-corrected chi connectivity index (χ4v) is 2.89. The van der Waals surface area contributed by atoms with E-state index >= 15 is 0 Å². The molecule has 17 heavy (non-hydrogen) atoms. The lowest BCUT2D eigenvalue weighted by atomic mass is 10.0. The Morgan fingerprint density at radius 3 is 2.53 bits per heavy atom. The molecule has 1 unspecified atom stereocenters. The molecule has 1 rings (SSSR count). The number of thioether (sulfide) groups is 1. The Morgan fingerprint density at radius 1 is 1.47 bits per heavy atom. The molecule has 1 N–H and O–H groups in total. The van der Waals surface area contributed by atoms with Gasteiger partial charge in [-0.15, -0.1) is 0 Å². The van der Waals surface area contributed by atoms with Gasteiger partial charge in [0.05, 0.1) is 6.04 Å². The Kier molecular flexibility index (Phi) is 5.53. The molecule has 98 valence electrons. The number of hydrogen-bond acceptors (Lipinski definition) is 3. The van der Waals surface area contributed by atoms with Gasteiger partial charge in [-0.2, -0.15) is 11.8 Å². The molecule has 1 aromatic rings. The smallest absolute Gasteiger partial charge is 0.125 e. The van der Waals surface area contributed by atoms with Crippen molar-refractivity contribution in [2.24, 2.45) is 7.05 Å². The molecule has 0 spiro atoms. The van der Waals surface area contributed by atoms with Gasteiger partial charge < -0.3 is 9.88 Å². The molecule has 0 bridgehead atoms. The van der Waals surface area contributed by atoms with Gasteiger partial charge in [0.1, 0.15) is 5.82 Å². The summed E-state index contributed by atoms with van der Waals surface area (Å²) in [6, 6.07) is 0.305. The van der Waals surface area contributed by atoms with Gasteiger partial charge in [-0.1, -0.05) is 13.8 Å². The zero-order valence-electron chi connectivity index (χ0n) is 11.7. The molecule has 0 radical (unpaired) electrons. The van der Waals surface area contributed by atoms with Crippen LogP contribution < -0.4 is 5.32 Å². The monoisotopic (exact) mass is 255 g/mol. The highest BCUT2D eigenvalue weighted by molar-refractivity contribution is 8.00. The van der Waals surface area contributed by atoms with Gasteiger partial charge in [0, 0.05) is 30.7 Å². The minimum atomic E-state index is 0.305. The predicted octanol–water partition coefficient (Wildman–Crippen LogP) is 2.99. The summed E-state index contributed by atoms with van der Waals surface area (Å²) in [6.45, 7) is 7.76. The zero-order chi connectivity index (χ0) is 12.9. The summed E-state index contributed by atoms with van der Waals surface area (Å²) in [4.78, 5) is 4.39. The van der Waals surface area contributed by atoms with E-state index in [0.29, 0.717) is 10.8 Å². The normalized spacial score (nSPS) is 13.9. The quantitative estimate of drug-likeness (QED) is 0.812. The SMILES string of the molecule is CCC(CC)(CNC(C)c1nccn1C)SC. The first-order valence-corrected chi connectivity index (χ1v) is 7.56. The minimum Gasteiger partial charge on any atom is -0.337 e. The van der Waals surface area contributed by atoms with E-state index < -0.39 is 0 Å². The van der Waals surface area contributed by atoms with Crippen LogP contribution in [0, 0.1) is 0 Å². The van der Waals surface area contributed by atoms with E-state index in [4.69, 9.17) is 0 Å². The van der Waals surface area contributed by atoms with Gasteiger partial charge in [0.2, 0.25) is 0 Å². The van der Waals surface area contributed by atoms with Crippen molar-refractivity contribution < 1.29 is 0 Å². The van der Waals surface area contributed by atoms with Crippen LogP contribution in [0.1, 0.15) is 45.5 Å². The first-order valence-electron chi connectivity index (χ1n) is 6.34. The van der Waals surface area contributed by atoms with Gasteiger partial charge in [-0.25, -0.2) is 4.98 Å². The highest BCUT2D eigenvalue weighted by Gasteiger charge is 2.25. The molecular weight excluding hydrogens is 230 g/mol. The molecular formula is C13H25N3S. The lowest BCUT2D eigenvalue weighted by Gasteiger charge is -2.31. The number of nitrogens with one attached hydrogen (secondary N) is 1. The summed E-state index contributed by atoms with van der Waals surface area (Å²) in [5.41, 5.74) is 0. The molecule has 0 saturated carbocycles. The first kappa shape index (κ1) is 14.6. The van der Waals surface area contributed by atoms with Crippen LogP contribution in [0.5, 0.6) is 0 Å². The molecule has 0 aliphatic carbocycles. The van der Waals surface area contributed by atoms with Gasteiger partial charge in [-0.05, 0) is 26.0 Å². The number of imidazole rings is 1. The molecule has 1 atom stereocenters. The molecule has 0 amide bonds. The Bertz CT molecular complexity index is 323. The van der Waals surface area contributed by atoms with E-state index in [2.05, 4.69) is 41.9 Å². The second kappa shape index (κ2) is 6.45. The molecule has 0 aromatic carbocycles. The van der Waals surface area contributed by atoms with Crippen molar-refractivity contribution in [1.29, 1.82) is 0 Å². The molecule has 3 nitrogen and oxygen atoms in total. The first-order chi connectivity index (χ1) is 8.08. The fourth-order valence-electron chi connectivity index (χ4n) is 2.09. The van der Waals surface area contributed by atoms with Gasteiger partial charge in [0.25, 0.3) is 0 Å². The summed E-state index contributed by atoms with van der Waals surface area (Å²) in [5.74, 6) is 1.10. The van der Waals surface area contributed by atoms with Gasteiger partial charge in [0.15, 0.2) is 0 Å². The van der Waals surface area contributed by atoms with Crippen LogP contribution in [0.15, 0.2) is 12.4 Å². The summed E-state index contributed by atoms with van der Waals surface area (Å²) in [6.07, 6.45) is 8.46. The highest BCUT2D eigenvalue weighted by Crippen LogP contribution is 2.30. The van der Waals surface area contributed by atoms with E-state index in [9.17, 15) is 0 Å². The summed E-state index contributed by atoms with van der Waals surface area (Å²) >= 11 is 1.97. The molecule has 0 saturated heterocycles. The van der Waals surface area contributed by atoms with Crippen LogP contribution in [0.25, 0.3) is 0 Å². The van der Waals surface area contributed by atoms with Crippen LogP contribution in [0.3, 0.4) is 0 Å². The topological polar surface area (TPSA) is 29.9 Å². The highest BCUT2D eigenvalue weighted by atomic mass is 32.2. The minimum absolute atomic E-state index is 0.305. The van der Waals surface area contributed by atoms with Crippen molar-refractivity contribution in [3.05, 3.63) is 18.2 Å². The average Bonchev–Trinajstić information content (AvgIpc) is 2.78. The predicted molar refractivity (Wildman–Crippen MR) is 76.5 cm³/mol. The Morgan fingerprint density at radius 2 is 2.12 bits per heavy atom. The van der Waals surface area contributed by atoms with Crippen LogP contribution in [0.4, 0.5) is 0 Å². The Balaban J connectivity index is 2.58. The number of hydrogen-bond donors (Lipinski definition) is 1. The second-order valence-electron chi connectivity index (χ2n) is 4.59. The van der Waals surface area contributed by atoms with E-state index in [1.165, 1.54) is 12.8 Å². The lowest BCUT2D eigenvalue weighted by molar-refractivity contribution is 0.445. The summed E-state index contributed by atoms with van der Waals surface area (Å²) < 4.78 is 2.44. The number of aromatic nitrogens is 2. The van der Waals surface area contributed by atoms with Crippen molar-refractivity contribution in [3.63, 3.8) is 0 Å². The maximum absolute atomic E-state index is 4.39. The van der Waals surface area contributed by atoms with E-state index in [1.54, 1.807) is 0 Å². The van der Waals surface area contributed by atoms with Crippen LogP contribution in [-0.4, -0.2) is 27.1 Å². The van der Waals surface area contributed by atoms with Crippen molar-refractivity contribution in [1.82, 2.24) is 14.9 Å². The van der Waals surface area contributed by atoms with Gasteiger partial charge in [-0.3, -0.25) is 0 Å². The maximum atomic E-state index is 4.39. The average molecular weight is 255 g/mol.